The fraction of sp³-hybridized carbons (Fsp3) is 0.500. The van der Waals surface area contributed by atoms with Crippen LogP contribution in [0.1, 0.15) is 38.2 Å². The molecule has 2 rings (SSSR count). The molecule has 0 bridgehead atoms. The molecule has 1 N–H and O–H groups in total. The Bertz CT molecular complexity index is 444. The number of hydrogen-bond acceptors (Lipinski definition) is 2. The van der Waals surface area contributed by atoms with Crippen molar-refractivity contribution in [2.75, 3.05) is 13.2 Å². The maximum atomic E-state index is 5.77. The van der Waals surface area contributed by atoms with E-state index < -0.39 is 0 Å². The highest BCUT2D eigenvalue weighted by Gasteiger charge is 2.30. The summed E-state index contributed by atoms with van der Waals surface area (Å²) in [7, 11) is 0. The standard InChI is InChI=1S/C16H21NO/c1-3-5-6-10-15(17-4-2)14-12-18-16-11-8-7-9-13(14)16/h7-9,11,14-15,17H,4,6,10,12H2,1-2H3. The van der Waals surface area contributed by atoms with E-state index in [1.807, 2.05) is 13.0 Å². The van der Waals surface area contributed by atoms with Crippen molar-refractivity contribution < 1.29 is 4.74 Å². The predicted octanol–water partition coefficient (Wildman–Crippen LogP) is 2.94. The Hall–Kier alpha value is -1.46. The van der Waals surface area contributed by atoms with Gasteiger partial charge in [-0.2, -0.15) is 0 Å². The number of fused-ring (bicyclic) bond motifs is 1. The van der Waals surface area contributed by atoms with Crippen molar-refractivity contribution in [1.29, 1.82) is 0 Å². The molecule has 0 saturated heterocycles. The van der Waals surface area contributed by atoms with Gasteiger partial charge in [-0.25, -0.2) is 0 Å². The summed E-state index contributed by atoms with van der Waals surface area (Å²) in [5.74, 6) is 7.63. The van der Waals surface area contributed by atoms with Crippen molar-refractivity contribution in [3.8, 4) is 17.6 Å². The molecule has 0 radical (unpaired) electrons. The lowest BCUT2D eigenvalue weighted by Crippen LogP contribution is -2.35. The molecule has 0 aromatic heterocycles. The summed E-state index contributed by atoms with van der Waals surface area (Å²) in [6.07, 6.45) is 2.03. The van der Waals surface area contributed by atoms with Gasteiger partial charge in [-0.15, -0.1) is 11.8 Å². The third-order valence-electron chi connectivity index (χ3n) is 3.45. The first-order chi connectivity index (χ1) is 8.86. The molecule has 0 amide bonds. The molecule has 2 nitrogen and oxygen atoms in total. The van der Waals surface area contributed by atoms with E-state index in [0.717, 1.165) is 31.7 Å². The van der Waals surface area contributed by atoms with Gasteiger partial charge in [-0.3, -0.25) is 0 Å². The second-order valence-electron chi connectivity index (χ2n) is 4.58. The second-order valence-corrected chi connectivity index (χ2v) is 4.58. The predicted molar refractivity (Wildman–Crippen MR) is 74.8 cm³/mol. The Morgan fingerprint density at radius 3 is 3.06 bits per heavy atom. The number of para-hydroxylation sites is 1. The van der Waals surface area contributed by atoms with E-state index in [1.165, 1.54) is 5.56 Å². The molecule has 2 atom stereocenters. The summed E-state index contributed by atoms with van der Waals surface area (Å²) in [4.78, 5) is 0. The van der Waals surface area contributed by atoms with Crippen LogP contribution in [0.25, 0.3) is 0 Å². The van der Waals surface area contributed by atoms with Crippen LogP contribution in [-0.4, -0.2) is 19.2 Å². The molecule has 2 heteroatoms. The normalized spacial score (nSPS) is 18.4. The molecule has 1 aromatic carbocycles. The minimum atomic E-state index is 0.458. The summed E-state index contributed by atoms with van der Waals surface area (Å²) in [6, 6.07) is 8.83. The number of benzene rings is 1. The highest BCUT2D eigenvalue weighted by Crippen LogP contribution is 2.36. The third-order valence-corrected chi connectivity index (χ3v) is 3.45. The zero-order valence-corrected chi connectivity index (χ0v) is 11.2. The highest BCUT2D eigenvalue weighted by atomic mass is 16.5. The Kier molecular flexibility index (Phi) is 4.66. The Labute approximate surface area is 110 Å². The summed E-state index contributed by atoms with van der Waals surface area (Å²) < 4.78 is 5.77. The molecule has 0 saturated carbocycles. The van der Waals surface area contributed by atoms with Gasteiger partial charge in [0.2, 0.25) is 0 Å². The zero-order chi connectivity index (χ0) is 12.8. The van der Waals surface area contributed by atoms with E-state index in [1.54, 1.807) is 0 Å². The third kappa shape index (κ3) is 2.86. The quantitative estimate of drug-likeness (QED) is 0.803. The maximum Gasteiger partial charge on any atom is 0.122 e. The van der Waals surface area contributed by atoms with Crippen molar-refractivity contribution in [3.63, 3.8) is 0 Å². The average molecular weight is 243 g/mol. The fourth-order valence-corrected chi connectivity index (χ4v) is 2.58. The van der Waals surface area contributed by atoms with Crippen LogP contribution in [0.4, 0.5) is 0 Å². The van der Waals surface area contributed by atoms with Gasteiger partial charge in [-0.1, -0.05) is 25.1 Å². The van der Waals surface area contributed by atoms with Gasteiger partial charge in [0, 0.05) is 23.9 Å². The fourth-order valence-electron chi connectivity index (χ4n) is 2.58. The number of ether oxygens (including phenoxy) is 1. The Morgan fingerprint density at radius 2 is 2.28 bits per heavy atom. The molecule has 0 fully saturated rings. The molecular weight excluding hydrogens is 222 g/mol. The largest absolute Gasteiger partial charge is 0.493 e. The van der Waals surface area contributed by atoms with E-state index in [2.05, 4.69) is 42.3 Å². The first-order valence-electron chi connectivity index (χ1n) is 6.71. The molecule has 1 aliphatic heterocycles. The lowest BCUT2D eigenvalue weighted by molar-refractivity contribution is 0.294. The first kappa shape index (κ1) is 13.0. The minimum absolute atomic E-state index is 0.458. The lowest BCUT2D eigenvalue weighted by atomic mass is 9.90. The molecule has 1 aliphatic rings. The molecule has 1 aromatic rings. The van der Waals surface area contributed by atoms with Crippen LogP contribution >= 0.6 is 0 Å². The topological polar surface area (TPSA) is 21.3 Å². The number of rotatable bonds is 5. The van der Waals surface area contributed by atoms with Gasteiger partial charge < -0.3 is 10.1 Å². The maximum absolute atomic E-state index is 5.77. The molecule has 0 spiro atoms. The van der Waals surface area contributed by atoms with Crippen molar-refractivity contribution in [2.24, 2.45) is 0 Å². The van der Waals surface area contributed by atoms with Crippen molar-refractivity contribution in [1.82, 2.24) is 5.32 Å². The number of nitrogens with one attached hydrogen (secondary N) is 1. The Balaban J connectivity index is 2.09. The molecule has 18 heavy (non-hydrogen) atoms. The molecule has 96 valence electrons. The SMILES string of the molecule is CC#CCCC(NCC)C1COc2ccccc21. The van der Waals surface area contributed by atoms with Crippen LogP contribution in [0.15, 0.2) is 24.3 Å². The van der Waals surface area contributed by atoms with Gasteiger partial charge in [0.05, 0.1) is 6.61 Å². The summed E-state index contributed by atoms with van der Waals surface area (Å²) in [5, 5.41) is 3.58. The molecule has 2 unspecified atom stereocenters. The van der Waals surface area contributed by atoms with E-state index in [9.17, 15) is 0 Å². The monoisotopic (exact) mass is 243 g/mol. The van der Waals surface area contributed by atoms with Crippen LogP contribution in [0.3, 0.4) is 0 Å². The number of hydrogen-bond donors (Lipinski definition) is 1. The summed E-state index contributed by atoms with van der Waals surface area (Å²) >= 11 is 0. The van der Waals surface area contributed by atoms with Gasteiger partial charge in [0.1, 0.15) is 5.75 Å². The van der Waals surface area contributed by atoms with Crippen LogP contribution in [-0.2, 0) is 0 Å². The molecular formula is C16H21NO. The van der Waals surface area contributed by atoms with Gasteiger partial charge >= 0.3 is 0 Å². The Morgan fingerprint density at radius 1 is 1.44 bits per heavy atom. The lowest BCUT2D eigenvalue weighted by Gasteiger charge is -2.22. The summed E-state index contributed by atoms with van der Waals surface area (Å²) in [5.41, 5.74) is 1.34. The zero-order valence-electron chi connectivity index (χ0n) is 11.2. The van der Waals surface area contributed by atoms with Crippen molar-refractivity contribution in [3.05, 3.63) is 29.8 Å². The van der Waals surface area contributed by atoms with Crippen LogP contribution in [0, 0.1) is 11.8 Å². The van der Waals surface area contributed by atoms with Crippen LogP contribution in [0.2, 0.25) is 0 Å². The van der Waals surface area contributed by atoms with Gasteiger partial charge in [0.25, 0.3) is 0 Å². The first-order valence-corrected chi connectivity index (χ1v) is 6.71. The molecule has 0 aliphatic carbocycles. The molecule has 1 heterocycles. The smallest absolute Gasteiger partial charge is 0.122 e. The van der Waals surface area contributed by atoms with Gasteiger partial charge in [0.15, 0.2) is 0 Å². The van der Waals surface area contributed by atoms with Crippen molar-refractivity contribution in [2.45, 2.75) is 38.6 Å². The minimum Gasteiger partial charge on any atom is -0.493 e. The number of likely N-dealkylation sites (N-methyl/N-ethyl adjacent to an activating group) is 1. The van der Waals surface area contributed by atoms with E-state index in [0.29, 0.717) is 12.0 Å². The highest BCUT2D eigenvalue weighted by molar-refractivity contribution is 5.40. The van der Waals surface area contributed by atoms with E-state index >= 15 is 0 Å². The van der Waals surface area contributed by atoms with Crippen molar-refractivity contribution >= 4 is 0 Å². The summed E-state index contributed by atoms with van der Waals surface area (Å²) in [6.45, 7) is 5.83. The van der Waals surface area contributed by atoms with E-state index in [4.69, 9.17) is 4.74 Å². The van der Waals surface area contributed by atoms with Crippen LogP contribution < -0.4 is 10.1 Å². The second kappa shape index (κ2) is 6.47. The van der Waals surface area contributed by atoms with Crippen LogP contribution in [0.5, 0.6) is 5.75 Å². The van der Waals surface area contributed by atoms with Gasteiger partial charge in [-0.05, 0) is 26.0 Å². The average Bonchev–Trinajstić information content (AvgIpc) is 2.82. The van der Waals surface area contributed by atoms with E-state index in [-0.39, 0.29) is 0 Å².